The molecule has 2 aromatic rings. The first kappa shape index (κ1) is 33.9. The van der Waals surface area contributed by atoms with E-state index in [9.17, 15) is 9.59 Å². The third-order valence-electron chi connectivity index (χ3n) is 9.02. The van der Waals surface area contributed by atoms with Crippen molar-refractivity contribution in [3.8, 4) is 0 Å². The van der Waals surface area contributed by atoms with Gasteiger partial charge in [0.2, 0.25) is 0 Å². The van der Waals surface area contributed by atoms with Gasteiger partial charge in [-0.15, -0.1) is 6.58 Å². The first-order valence-electron chi connectivity index (χ1n) is 17.4. The highest BCUT2D eigenvalue weighted by Gasteiger charge is 2.37. The number of nitrogens with one attached hydrogen (secondary N) is 1. The summed E-state index contributed by atoms with van der Waals surface area (Å²) >= 11 is 0. The molecule has 232 valence electrons. The average Bonchev–Trinajstić information content (AvgIpc) is 3.00. The molecular weight excluding hydrogens is 516 g/mol. The van der Waals surface area contributed by atoms with Crippen LogP contribution in [0.3, 0.4) is 0 Å². The molecular formula is C38H58N2O2. The molecule has 0 aromatic heterocycles. The summed E-state index contributed by atoms with van der Waals surface area (Å²) < 4.78 is 0. The van der Waals surface area contributed by atoms with Crippen LogP contribution in [0.4, 0.5) is 5.69 Å². The first-order valence-corrected chi connectivity index (χ1v) is 17.4. The Morgan fingerprint density at radius 1 is 0.667 bits per heavy atom. The molecule has 0 radical (unpaired) electrons. The SMILES string of the molecule is C=CCNc1ccc2c3c(cccc13)C(=O)N(C(CCCCCCCCCCC)CCCCCCCCCCC)C2=O. The van der Waals surface area contributed by atoms with Crippen molar-refractivity contribution in [1.82, 2.24) is 4.90 Å². The fourth-order valence-electron chi connectivity index (χ4n) is 6.57. The van der Waals surface area contributed by atoms with Gasteiger partial charge in [0.25, 0.3) is 11.8 Å². The lowest BCUT2D eigenvalue weighted by molar-refractivity contribution is 0.0517. The minimum Gasteiger partial charge on any atom is -0.381 e. The maximum absolute atomic E-state index is 14.0. The minimum absolute atomic E-state index is 0.0268. The van der Waals surface area contributed by atoms with Crippen molar-refractivity contribution < 1.29 is 9.59 Å². The van der Waals surface area contributed by atoms with Crippen LogP contribution >= 0.6 is 0 Å². The minimum atomic E-state index is -0.115. The monoisotopic (exact) mass is 574 g/mol. The molecule has 0 saturated carbocycles. The highest BCUT2D eigenvalue weighted by molar-refractivity contribution is 6.26. The number of amides is 2. The number of rotatable bonds is 24. The third-order valence-corrected chi connectivity index (χ3v) is 9.02. The molecule has 1 aliphatic rings. The van der Waals surface area contributed by atoms with Gasteiger partial charge >= 0.3 is 0 Å². The lowest BCUT2D eigenvalue weighted by Gasteiger charge is -2.34. The maximum Gasteiger partial charge on any atom is 0.261 e. The molecule has 1 heterocycles. The summed E-state index contributed by atoms with van der Waals surface area (Å²) in [5.74, 6) is -0.230. The lowest BCUT2D eigenvalue weighted by atomic mass is 9.90. The van der Waals surface area contributed by atoms with E-state index in [1.54, 1.807) is 4.90 Å². The van der Waals surface area contributed by atoms with Crippen molar-refractivity contribution in [1.29, 1.82) is 0 Å². The average molecular weight is 575 g/mol. The van der Waals surface area contributed by atoms with Gasteiger partial charge in [0, 0.05) is 40.2 Å². The zero-order chi connectivity index (χ0) is 30.0. The van der Waals surface area contributed by atoms with E-state index in [4.69, 9.17) is 0 Å². The van der Waals surface area contributed by atoms with Crippen molar-refractivity contribution in [3.63, 3.8) is 0 Å². The van der Waals surface area contributed by atoms with Crippen LogP contribution in [0, 0.1) is 0 Å². The predicted octanol–water partition coefficient (Wildman–Crippen LogP) is 11.2. The van der Waals surface area contributed by atoms with E-state index in [1.807, 2.05) is 36.4 Å². The molecule has 42 heavy (non-hydrogen) atoms. The molecule has 0 spiro atoms. The van der Waals surface area contributed by atoms with Crippen molar-refractivity contribution in [2.75, 3.05) is 11.9 Å². The van der Waals surface area contributed by atoms with E-state index < -0.39 is 0 Å². The van der Waals surface area contributed by atoms with Crippen molar-refractivity contribution in [2.24, 2.45) is 0 Å². The van der Waals surface area contributed by atoms with Crippen LogP contribution in [-0.4, -0.2) is 29.3 Å². The van der Waals surface area contributed by atoms with Crippen LogP contribution in [0.5, 0.6) is 0 Å². The van der Waals surface area contributed by atoms with Gasteiger partial charge in [-0.1, -0.05) is 148 Å². The van der Waals surface area contributed by atoms with Crippen LogP contribution in [0.25, 0.3) is 10.8 Å². The predicted molar refractivity (Wildman–Crippen MR) is 181 cm³/mol. The Labute approximate surface area is 256 Å². The summed E-state index contributed by atoms with van der Waals surface area (Å²) in [6.45, 7) is 8.97. The van der Waals surface area contributed by atoms with Gasteiger partial charge in [0.1, 0.15) is 0 Å². The van der Waals surface area contributed by atoms with Crippen LogP contribution < -0.4 is 5.32 Å². The third kappa shape index (κ3) is 9.99. The smallest absolute Gasteiger partial charge is 0.261 e. The topological polar surface area (TPSA) is 49.4 Å². The second-order valence-corrected chi connectivity index (χ2v) is 12.4. The molecule has 4 nitrogen and oxygen atoms in total. The Bertz CT molecular complexity index is 1060. The summed E-state index contributed by atoms with van der Waals surface area (Å²) in [6, 6.07) is 9.72. The summed E-state index contributed by atoms with van der Waals surface area (Å²) in [4.78, 5) is 29.6. The molecule has 0 bridgehead atoms. The first-order chi connectivity index (χ1) is 20.6. The fourth-order valence-corrected chi connectivity index (χ4v) is 6.57. The molecule has 1 aliphatic heterocycles. The molecule has 0 aliphatic carbocycles. The Hall–Kier alpha value is -2.62. The van der Waals surface area contributed by atoms with Gasteiger partial charge in [-0.2, -0.15) is 0 Å². The number of unbranched alkanes of at least 4 members (excludes halogenated alkanes) is 16. The Morgan fingerprint density at radius 2 is 1.14 bits per heavy atom. The van der Waals surface area contributed by atoms with Crippen LogP contribution in [-0.2, 0) is 0 Å². The van der Waals surface area contributed by atoms with Crippen molar-refractivity contribution in [2.45, 2.75) is 148 Å². The molecule has 0 atom stereocenters. The van der Waals surface area contributed by atoms with Crippen molar-refractivity contribution >= 4 is 28.3 Å². The molecule has 0 saturated heterocycles. The standard InChI is InChI=1S/C38H58N2O2/c1-4-7-9-11-13-15-17-19-21-24-31(25-22-20-18-16-14-12-10-8-5-2)40-37(41)33-27-23-26-32-35(39-30-6-3)29-28-34(36(32)33)38(40)42/h6,23,26-29,31,39H,3-5,7-22,24-25,30H2,1-2H3. The highest BCUT2D eigenvalue weighted by Crippen LogP contribution is 2.36. The van der Waals surface area contributed by atoms with Gasteiger partial charge in [0.05, 0.1) is 0 Å². The van der Waals surface area contributed by atoms with E-state index in [2.05, 4.69) is 25.7 Å². The number of anilines is 1. The summed E-state index contributed by atoms with van der Waals surface area (Å²) in [7, 11) is 0. The molecule has 0 fully saturated rings. The Kier molecular flexibility index (Phi) is 15.8. The van der Waals surface area contributed by atoms with E-state index in [1.165, 1.54) is 103 Å². The number of carbonyl (C=O) groups excluding carboxylic acids is 2. The van der Waals surface area contributed by atoms with E-state index >= 15 is 0 Å². The number of carbonyl (C=O) groups is 2. The largest absolute Gasteiger partial charge is 0.381 e. The normalized spacial score (nSPS) is 13.0. The number of hydrogen-bond acceptors (Lipinski definition) is 3. The zero-order valence-electron chi connectivity index (χ0n) is 26.9. The molecule has 0 unspecified atom stereocenters. The number of imide groups is 1. The molecule has 2 amide bonds. The van der Waals surface area contributed by atoms with E-state index in [0.717, 1.165) is 42.1 Å². The van der Waals surface area contributed by atoms with E-state index in [-0.39, 0.29) is 17.9 Å². The van der Waals surface area contributed by atoms with Gasteiger partial charge < -0.3 is 5.32 Å². The summed E-state index contributed by atoms with van der Waals surface area (Å²) in [5.41, 5.74) is 2.26. The molecule has 1 N–H and O–H groups in total. The van der Waals surface area contributed by atoms with Crippen LogP contribution in [0.2, 0.25) is 0 Å². The maximum atomic E-state index is 14.0. The van der Waals surface area contributed by atoms with Crippen LogP contribution in [0.15, 0.2) is 43.0 Å². The second kappa shape index (κ2) is 19.5. The quantitative estimate of drug-likeness (QED) is 0.0770. The summed E-state index contributed by atoms with van der Waals surface area (Å²) in [6.07, 6.45) is 26.6. The molecule has 4 heteroatoms. The van der Waals surface area contributed by atoms with E-state index in [0.29, 0.717) is 17.7 Å². The number of hydrogen-bond donors (Lipinski definition) is 1. The van der Waals surface area contributed by atoms with Crippen LogP contribution in [0.1, 0.15) is 163 Å². The van der Waals surface area contributed by atoms with Gasteiger partial charge in [-0.3, -0.25) is 14.5 Å². The fraction of sp³-hybridized carbons (Fsp3) is 0.632. The second-order valence-electron chi connectivity index (χ2n) is 12.4. The zero-order valence-corrected chi connectivity index (χ0v) is 26.9. The van der Waals surface area contributed by atoms with Gasteiger partial charge in [0.15, 0.2) is 0 Å². The Balaban J connectivity index is 1.65. The van der Waals surface area contributed by atoms with Gasteiger partial charge in [-0.25, -0.2) is 0 Å². The number of benzene rings is 2. The molecule has 2 aromatic carbocycles. The lowest BCUT2D eigenvalue weighted by Crippen LogP contribution is -2.47. The van der Waals surface area contributed by atoms with Crippen molar-refractivity contribution in [3.05, 3.63) is 54.1 Å². The molecule has 3 rings (SSSR count). The van der Waals surface area contributed by atoms with Gasteiger partial charge in [-0.05, 0) is 31.0 Å². The number of nitrogens with zero attached hydrogens (tertiary/aromatic N) is 1. The Morgan fingerprint density at radius 3 is 1.64 bits per heavy atom. The highest BCUT2D eigenvalue weighted by atomic mass is 16.2. The summed E-state index contributed by atoms with van der Waals surface area (Å²) in [5, 5.41) is 5.09.